The molecule has 7 nitrogen and oxygen atoms in total. The predicted molar refractivity (Wildman–Crippen MR) is 130 cm³/mol. The summed E-state index contributed by atoms with van der Waals surface area (Å²) in [6.45, 7) is 2.63. The highest BCUT2D eigenvalue weighted by molar-refractivity contribution is 6.46. The molecule has 7 heteroatoms. The molecule has 1 aliphatic heterocycles. The molecule has 0 spiro atoms. The van der Waals surface area contributed by atoms with Crippen molar-refractivity contribution in [1.82, 2.24) is 9.88 Å². The second-order valence-corrected chi connectivity index (χ2v) is 8.23. The number of likely N-dealkylation sites (tertiary alicyclic amines) is 1. The van der Waals surface area contributed by atoms with Crippen molar-refractivity contribution in [3.05, 3.63) is 95.3 Å². The lowest BCUT2D eigenvalue weighted by Gasteiger charge is -2.26. The number of aromatic nitrogens is 1. The third kappa shape index (κ3) is 4.50. The summed E-state index contributed by atoms with van der Waals surface area (Å²) in [4.78, 5) is 33.8. The summed E-state index contributed by atoms with van der Waals surface area (Å²) in [5.41, 5.74) is 3.08. The number of benzene rings is 2. The van der Waals surface area contributed by atoms with E-state index in [1.165, 1.54) is 4.90 Å². The van der Waals surface area contributed by atoms with Crippen LogP contribution < -0.4 is 9.64 Å². The van der Waals surface area contributed by atoms with Gasteiger partial charge in [0, 0.05) is 44.3 Å². The molecule has 1 saturated heterocycles. The van der Waals surface area contributed by atoms with E-state index in [0.717, 1.165) is 16.8 Å². The Morgan fingerprint density at radius 1 is 1.00 bits per heavy atom. The Labute approximate surface area is 198 Å². The number of amides is 1. The lowest BCUT2D eigenvalue weighted by atomic mass is 9.95. The van der Waals surface area contributed by atoms with Crippen LogP contribution in [0.25, 0.3) is 5.76 Å². The molecule has 0 aliphatic carbocycles. The van der Waals surface area contributed by atoms with Crippen LogP contribution in [0.1, 0.15) is 29.7 Å². The summed E-state index contributed by atoms with van der Waals surface area (Å²) in [7, 11) is 3.88. The van der Waals surface area contributed by atoms with Crippen molar-refractivity contribution >= 4 is 23.1 Å². The molecule has 0 radical (unpaired) electrons. The number of rotatable bonds is 7. The number of hydrogen-bond donors (Lipinski definition) is 1. The van der Waals surface area contributed by atoms with E-state index in [-0.39, 0.29) is 17.9 Å². The first-order valence-electron chi connectivity index (χ1n) is 11.1. The van der Waals surface area contributed by atoms with E-state index in [0.29, 0.717) is 17.9 Å². The summed E-state index contributed by atoms with van der Waals surface area (Å²) in [5.74, 6) is -0.901. The van der Waals surface area contributed by atoms with Crippen LogP contribution >= 0.6 is 0 Å². The van der Waals surface area contributed by atoms with Crippen molar-refractivity contribution in [1.29, 1.82) is 0 Å². The summed E-state index contributed by atoms with van der Waals surface area (Å²) in [6.07, 6.45) is 3.29. The molecule has 1 atom stereocenters. The van der Waals surface area contributed by atoms with Gasteiger partial charge >= 0.3 is 0 Å². The van der Waals surface area contributed by atoms with Gasteiger partial charge in [-0.2, -0.15) is 0 Å². The fraction of sp³-hybridized carbons (Fsp3) is 0.222. The van der Waals surface area contributed by atoms with Crippen LogP contribution in [0.3, 0.4) is 0 Å². The van der Waals surface area contributed by atoms with Gasteiger partial charge < -0.3 is 19.6 Å². The van der Waals surface area contributed by atoms with Gasteiger partial charge in [0.1, 0.15) is 11.5 Å². The van der Waals surface area contributed by atoms with Crippen molar-refractivity contribution in [2.24, 2.45) is 0 Å². The second kappa shape index (κ2) is 9.79. The topological polar surface area (TPSA) is 83.0 Å². The van der Waals surface area contributed by atoms with Crippen molar-refractivity contribution < 1.29 is 19.4 Å². The first kappa shape index (κ1) is 23.0. The average molecular weight is 458 g/mol. The Bertz CT molecular complexity index is 1200. The molecule has 1 aliphatic rings. The second-order valence-electron chi connectivity index (χ2n) is 8.23. The zero-order chi connectivity index (χ0) is 24.2. The van der Waals surface area contributed by atoms with Gasteiger partial charge in [0.15, 0.2) is 0 Å². The van der Waals surface area contributed by atoms with E-state index in [2.05, 4.69) is 4.98 Å². The molecule has 1 aromatic heterocycles. The number of aliphatic hydroxyl groups excluding tert-OH is 1. The zero-order valence-corrected chi connectivity index (χ0v) is 19.4. The lowest BCUT2D eigenvalue weighted by Crippen LogP contribution is -2.29. The molecule has 1 fully saturated rings. The lowest BCUT2D eigenvalue weighted by molar-refractivity contribution is -0.140. The Morgan fingerprint density at radius 2 is 1.65 bits per heavy atom. The third-order valence-electron chi connectivity index (χ3n) is 5.81. The van der Waals surface area contributed by atoms with Crippen LogP contribution in [-0.2, 0) is 16.1 Å². The first-order chi connectivity index (χ1) is 16.4. The van der Waals surface area contributed by atoms with Gasteiger partial charge in [-0.05, 0) is 66.6 Å². The zero-order valence-electron chi connectivity index (χ0n) is 19.4. The Balaban J connectivity index is 1.81. The Hall–Kier alpha value is -4.13. The minimum atomic E-state index is -0.726. The smallest absolute Gasteiger partial charge is 0.295 e. The normalized spacial score (nSPS) is 17.1. The summed E-state index contributed by atoms with van der Waals surface area (Å²) in [5, 5.41) is 11.2. The average Bonchev–Trinajstić information content (AvgIpc) is 3.10. The van der Waals surface area contributed by atoms with E-state index in [4.69, 9.17) is 4.74 Å². The molecule has 2 aromatic carbocycles. The van der Waals surface area contributed by atoms with Gasteiger partial charge in [-0.15, -0.1) is 0 Å². The van der Waals surface area contributed by atoms with Gasteiger partial charge in [0.2, 0.25) is 0 Å². The molecule has 2 heterocycles. The monoisotopic (exact) mass is 457 g/mol. The molecule has 34 heavy (non-hydrogen) atoms. The van der Waals surface area contributed by atoms with Crippen molar-refractivity contribution in [2.45, 2.75) is 19.5 Å². The number of Topliss-reactive ketones (excluding diaryl/α,β-unsaturated/α-hetero) is 1. The summed E-state index contributed by atoms with van der Waals surface area (Å²) in [6, 6.07) is 17.3. The minimum absolute atomic E-state index is 0.0702. The molecule has 1 amide bonds. The maximum Gasteiger partial charge on any atom is 0.295 e. The largest absolute Gasteiger partial charge is 0.507 e. The fourth-order valence-corrected chi connectivity index (χ4v) is 4.06. The number of pyridine rings is 1. The maximum absolute atomic E-state index is 13.2. The van der Waals surface area contributed by atoms with Crippen molar-refractivity contribution in [3.63, 3.8) is 0 Å². The van der Waals surface area contributed by atoms with Crippen LogP contribution in [0.2, 0.25) is 0 Å². The van der Waals surface area contributed by atoms with Crippen LogP contribution in [0.4, 0.5) is 5.69 Å². The Morgan fingerprint density at radius 3 is 2.24 bits per heavy atom. The first-order valence-corrected chi connectivity index (χ1v) is 11.1. The number of carbonyl (C=O) groups is 2. The number of nitrogens with zero attached hydrogens (tertiary/aromatic N) is 3. The highest BCUT2D eigenvalue weighted by Crippen LogP contribution is 2.40. The molecular weight excluding hydrogens is 430 g/mol. The van der Waals surface area contributed by atoms with Crippen LogP contribution in [0, 0.1) is 0 Å². The highest BCUT2D eigenvalue weighted by atomic mass is 16.5. The van der Waals surface area contributed by atoms with Crippen LogP contribution in [0.5, 0.6) is 5.75 Å². The highest BCUT2D eigenvalue weighted by Gasteiger charge is 2.46. The Kier molecular flexibility index (Phi) is 6.63. The van der Waals surface area contributed by atoms with Crippen LogP contribution in [-0.4, -0.2) is 47.4 Å². The van der Waals surface area contributed by atoms with Gasteiger partial charge in [0.05, 0.1) is 18.2 Å². The quantitative estimate of drug-likeness (QED) is 0.326. The van der Waals surface area contributed by atoms with Gasteiger partial charge in [0.25, 0.3) is 11.7 Å². The van der Waals surface area contributed by atoms with Gasteiger partial charge in [-0.25, -0.2) is 0 Å². The molecule has 1 unspecified atom stereocenters. The van der Waals surface area contributed by atoms with Gasteiger partial charge in [-0.3, -0.25) is 14.6 Å². The summed E-state index contributed by atoms with van der Waals surface area (Å²) >= 11 is 0. The number of hydrogen-bond acceptors (Lipinski definition) is 6. The molecule has 3 aromatic rings. The fourth-order valence-electron chi connectivity index (χ4n) is 4.06. The molecule has 4 rings (SSSR count). The molecule has 0 bridgehead atoms. The van der Waals surface area contributed by atoms with Gasteiger partial charge in [-0.1, -0.05) is 12.1 Å². The summed E-state index contributed by atoms with van der Waals surface area (Å²) < 4.78 is 5.47. The SMILES string of the molecule is CCOc1ccc(/C(O)=C2/C(=O)C(=O)N(Cc3ccncc3)C2c2ccc(N(C)C)cc2)cc1. The number of ketones is 1. The minimum Gasteiger partial charge on any atom is -0.507 e. The maximum atomic E-state index is 13.2. The standard InChI is InChI=1S/C27H27N3O4/c1-4-34-22-11-7-20(8-12-22)25(31)23-24(19-5-9-21(10-6-19)29(2)3)30(27(33)26(23)32)17-18-13-15-28-16-14-18/h5-16,24,31H,4,17H2,1-3H3/b25-23-. The predicted octanol–water partition coefficient (Wildman–Crippen LogP) is 4.17. The molecule has 1 N–H and O–H groups in total. The van der Waals surface area contributed by atoms with E-state index in [9.17, 15) is 14.7 Å². The van der Waals surface area contributed by atoms with E-state index in [1.807, 2.05) is 50.2 Å². The van der Waals surface area contributed by atoms with Crippen molar-refractivity contribution in [3.8, 4) is 5.75 Å². The number of ether oxygens (including phenoxy) is 1. The van der Waals surface area contributed by atoms with E-state index >= 15 is 0 Å². The third-order valence-corrected chi connectivity index (χ3v) is 5.81. The molecule has 0 saturated carbocycles. The van der Waals surface area contributed by atoms with E-state index < -0.39 is 17.7 Å². The molecular formula is C27H27N3O4. The van der Waals surface area contributed by atoms with E-state index in [1.54, 1.807) is 48.8 Å². The number of anilines is 1. The van der Waals surface area contributed by atoms with Crippen LogP contribution in [0.15, 0.2) is 78.6 Å². The number of carbonyl (C=O) groups excluding carboxylic acids is 2. The molecule has 174 valence electrons. The van der Waals surface area contributed by atoms with Crippen molar-refractivity contribution in [2.75, 3.05) is 25.6 Å². The number of aliphatic hydroxyl groups is 1.